The zero-order chi connectivity index (χ0) is 14.5. The topological polar surface area (TPSA) is 82.1 Å². The summed E-state index contributed by atoms with van der Waals surface area (Å²) in [5, 5.41) is 11.4. The third-order valence-corrected chi connectivity index (χ3v) is 3.86. The Hall–Kier alpha value is -1.34. The summed E-state index contributed by atoms with van der Waals surface area (Å²) in [6.45, 7) is 6.53. The van der Waals surface area contributed by atoms with Crippen LogP contribution in [-0.2, 0) is 9.53 Å². The van der Waals surface area contributed by atoms with Gasteiger partial charge >= 0.3 is 12.0 Å². The Kier molecular flexibility index (Phi) is 5.19. The predicted molar refractivity (Wildman–Crippen MR) is 72.6 cm³/mol. The van der Waals surface area contributed by atoms with Crippen LogP contribution >= 0.6 is 0 Å². The van der Waals surface area contributed by atoms with Crippen LogP contribution in [-0.4, -0.2) is 78.4 Å². The number of carbonyl (C=O) groups is 2. The maximum absolute atomic E-state index is 12.0. The molecule has 0 spiro atoms. The number of likely N-dealkylation sites (tertiary alicyclic amines) is 1. The van der Waals surface area contributed by atoms with Gasteiger partial charge in [-0.15, -0.1) is 0 Å². The highest BCUT2D eigenvalue weighted by atomic mass is 16.5. The summed E-state index contributed by atoms with van der Waals surface area (Å²) >= 11 is 0. The molecule has 2 aliphatic rings. The summed E-state index contributed by atoms with van der Waals surface area (Å²) in [7, 11) is 0. The fourth-order valence-electron chi connectivity index (χ4n) is 2.78. The monoisotopic (exact) mass is 285 g/mol. The highest BCUT2D eigenvalue weighted by Gasteiger charge is 2.31. The molecule has 7 nitrogen and oxygen atoms in total. The molecule has 0 saturated carbocycles. The van der Waals surface area contributed by atoms with E-state index in [1.165, 1.54) is 0 Å². The molecule has 0 aromatic carbocycles. The van der Waals surface area contributed by atoms with Crippen molar-refractivity contribution in [1.82, 2.24) is 15.1 Å². The second kappa shape index (κ2) is 6.90. The first-order valence-corrected chi connectivity index (χ1v) is 7.15. The first kappa shape index (κ1) is 15.1. The van der Waals surface area contributed by atoms with E-state index in [0.29, 0.717) is 12.6 Å². The number of amides is 2. The molecule has 2 heterocycles. The van der Waals surface area contributed by atoms with Crippen molar-refractivity contribution in [3.8, 4) is 0 Å². The number of nitrogens with one attached hydrogen (secondary N) is 1. The maximum Gasteiger partial charge on any atom is 0.317 e. The number of urea groups is 1. The summed E-state index contributed by atoms with van der Waals surface area (Å²) in [6.07, 6.45) is 0.924. The summed E-state index contributed by atoms with van der Waals surface area (Å²) in [6, 6.07) is -0.101. The Morgan fingerprint density at radius 2 is 2.05 bits per heavy atom. The highest BCUT2D eigenvalue weighted by molar-refractivity contribution is 5.76. The van der Waals surface area contributed by atoms with Crippen molar-refractivity contribution in [2.45, 2.75) is 31.8 Å². The van der Waals surface area contributed by atoms with Gasteiger partial charge in [0.05, 0.1) is 19.6 Å². The minimum Gasteiger partial charge on any atom is -0.481 e. The van der Waals surface area contributed by atoms with E-state index >= 15 is 0 Å². The molecule has 20 heavy (non-hydrogen) atoms. The van der Waals surface area contributed by atoms with E-state index in [1.54, 1.807) is 11.8 Å². The summed E-state index contributed by atoms with van der Waals surface area (Å²) in [5.41, 5.74) is 0. The Labute approximate surface area is 118 Å². The van der Waals surface area contributed by atoms with E-state index < -0.39 is 5.97 Å². The Morgan fingerprint density at radius 3 is 2.70 bits per heavy atom. The van der Waals surface area contributed by atoms with Crippen LogP contribution in [0, 0.1) is 0 Å². The minimum absolute atomic E-state index is 0.0491. The van der Waals surface area contributed by atoms with Crippen molar-refractivity contribution in [3.63, 3.8) is 0 Å². The number of carboxylic acids is 1. The molecular formula is C13H23N3O4. The molecule has 0 aromatic heterocycles. The average molecular weight is 285 g/mol. The lowest BCUT2D eigenvalue weighted by molar-refractivity contribution is -0.137. The number of ether oxygens (including phenoxy) is 1. The van der Waals surface area contributed by atoms with Gasteiger partial charge in [0.2, 0.25) is 0 Å². The molecule has 114 valence electrons. The van der Waals surface area contributed by atoms with Gasteiger partial charge in [0.25, 0.3) is 0 Å². The van der Waals surface area contributed by atoms with Gasteiger partial charge in [0.15, 0.2) is 0 Å². The largest absolute Gasteiger partial charge is 0.481 e. The van der Waals surface area contributed by atoms with Crippen molar-refractivity contribution < 1.29 is 19.4 Å². The first-order chi connectivity index (χ1) is 9.56. The van der Waals surface area contributed by atoms with Crippen LogP contribution in [0.25, 0.3) is 0 Å². The molecule has 0 bridgehead atoms. The van der Waals surface area contributed by atoms with Gasteiger partial charge in [-0.1, -0.05) is 0 Å². The molecule has 0 aliphatic carbocycles. The molecule has 2 amide bonds. The number of carbonyl (C=O) groups excluding carboxylic acids is 1. The van der Waals surface area contributed by atoms with Gasteiger partial charge in [0.1, 0.15) is 0 Å². The maximum atomic E-state index is 12.0. The number of carboxylic acid groups (broad SMARTS) is 1. The van der Waals surface area contributed by atoms with Crippen molar-refractivity contribution in [3.05, 3.63) is 0 Å². The highest BCUT2D eigenvalue weighted by Crippen LogP contribution is 2.17. The average Bonchev–Trinajstić information content (AvgIpc) is 2.88. The van der Waals surface area contributed by atoms with Gasteiger partial charge < -0.3 is 20.1 Å². The van der Waals surface area contributed by atoms with E-state index in [4.69, 9.17) is 9.84 Å². The zero-order valence-corrected chi connectivity index (χ0v) is 11.9. The molecule has 2 fully saturated rings. The summed E-state index contributed by atoms with van der Waals surface area (Å²) < 4.78 is 5.33. The van der Waals surface area contributed by atoms with Crippen LogP contribution in [0.1, 0.15) is 19.8 Å². The van der Waals surface area contributed by atoms with Gasteiger partial charge in [0, 0.05) is 38.3 Å². The van der Waals surface area contributed by atoms with E-state index in [9.17, 15) is 9.59 Å². The lowest BCUT2D eigenvalue weighted by Gasteiger charge is -2.32. The van der Waals surface area contributed by atoms with Crippen LogP contribution in [0.15, 0.2) is 0 Å². The smallest absolute Gasteiger partial charge is 0.317 e. The molecule has 2 aliphatic heterocycles. The van der Waals surface area contributed by atoms with Crippen molar-refractivity contribution in [1.29, 1.82) is 0 Å². The molecule has 0 radical (unpaired) electrons. The summed E-state index contributed by atoms with van der Waals surface area (Å²) in [4.78, 5) is 26.8. The van der Waals surface area contributed by atoms with Gasteiger partial charge in [-0.3, -0.25) is 9.69 Å². The quantitative estimate of drug-likeness (QED) is 0.758. The van der Waals surface area contributed by atoms with Gasteiger partial charge in [-0.2, -0.15) is 0 Å². The number of morpholine rings is 1. The molecule has 2 atom stereocenters. The van der Waals surface area contributed by atoms with Crippen LogP contribution in [0.3, 0.4) is 0 Å². The molecule has 7 heteroatoms. The van der Waals surface area contributed by atoms with Crippen molar-refractivity contribution in [2.75, 3.05) is 39.4 Å². The Bertz CT molecular complexity index is 358. The third kappa shape index (κ3) is 4.08. The fraction of sp³-hybridized carbons (Fsp3) is 0.846. The van der Waals surface area contributed by atoms with E-state index in [1.807, 2.05) is 0 Å². The zero-order valence-electron chi connectivity index (χ0n) is 11.9. The van der Waals surface area contributed by atoms with Gasteiger partial charge in [-0.05, 0) is 13.3 Å². The Balaban J connectivity index is 1.76. The third-order valence-electron chi connectivity index (χ3n) is 3.86. The molecule has 2 rings (SSSR count). The minimum atomic E-state index is -0.898. The SMILES string of the molecule is CC(CC(=O)O)NC(=O)N1CCC(N2CCOCC2)C1. The molecule has 2 unspecified atom stereocenters. The van der Waals surface area contributed by atoms with Crippen LogP contribution in [0.4, 0.5) is 4.79 Å². The molecule has 0 aromatic rings. The van der Waals surface area contributed by atoms with E-state index in [-0.39, 0.29) is 18.5 Å². The fourth-order valence-corrected chi connectivity index (χ4v) is 2.78. The molecular weight excluding hydrogens is 262 g/mol. The second-order valence-corrected chi connectivity index (χ2v) is 5.49. The number of aliphatic carboxylic acids is 1. The molecule has 2 N–H and O–H groups in total. The number of rotatable bonds is 4. The van der Waals surface area contributed by atoms with Crippen molar-refractivity contribution in [2.24, 2.45) is 0 Å². The number of hydrogen-bond donors (Lipinski definition) is 2. The first-order valence-electron chi connectivity index (χ1n) is 7.15. The Morgan fingerprint density at radius 1 is 1.35 bits per heavy atom. The summed E-state index contributed by atoms with van der Waals surface area (Å²) in [5.74, 6) is -0.898. The van der Waals surface area contributed by atoms with Crippen LogP contribution < -0.4 is 5.32 Å². The van der Waals surface area contributed by atoms with Gasteiger partial charge in [-0.25, -0.2) is 4.79 Å². The predicted octanol–water partition coefficient (Wildman–Crippen LogP) is -0.0343. The normalized spacial score (nSPS) is 25.4. The van der Waals surface area contributed by atoms with Crippen LogP contribution in [0.5, 0.6) is 0 Å². The number of hydrogen-bond acceptors (Lipinski definition) is 4. The van der Waals surface area contributed by atoms with E-state index in [2.05, 4.69) is 10.2 Å². The van der Waals surface area contributed by atoms with E-state index in [0.717, 1.165) is 39.3 Å². The van der Waals surface area contributed by atoms with Crippen molar-refractivity contribution >= 4 is 12.0 Å². The lowest BCUT2D eigenvalue weighted by atomic mass is 10.2. The lowest BCUT2D eigenvalue weighted by Crippen LogP contribution is -2.47. The number of nitrogens with zero attached hydrogens (tertiary/aromatic N) is 2. The molecule has 2 saturated heterocycles. The standard InChI is InChI=1S/C13H23N3O4/c1-10(8-12(17)18)14-13(19)16-3-2-11(9-16)15-4-6-20-7-5-15/h10-11H,2-9H2,1H3,(H,14,19)(H,17,18). The second-order valence-electron chi connectivity index (χ2n) is 5.49. The van der Waals surface area contributed by atoms with Crippen LogP contribution in [0.2, 0.25) is 0 Å².